The van der Waals surface area contributed by atoms with Crippen LogP contribution in [0, 0.1) is 10.1 Å². The van der Waals surface area contributed by atoms with E-state index >= 15 is 0 Å². The Balaban J connectivity index is 1.87. The number of nitrogens with one attached hydrogen (secondary N) is 1. The molecule has 0 bridgehead atoms. The van der Waals surface area contributed by atoms with E-state index in [1.54, 1.807) is 18.2 Å². The summed E-state index contributed by atoms with van der Waals surface area (Å²) in [5.74, 6) is -1.06. The van der Waals surface area contributed by atoms with Crippen molar-refractivity contribution >= 4 is 17.6 Å². The first-order valence-corrected chi connectivity index (χ1v) is 8.45. The molecule has 27 heavy (non-hydrogen) atoms. The van der Waals surface area contributed by atoms with Gasteiger partial charge in [0.25, 0.3) is 11.6 Å². The highest BCUT2D eigenvalue weighted by molar-refractivity contribution is 5.95. The molecule has 2 aromatic carbocycles. The molecule has 0 aliphatic rings. The Morgan fingerprint density at radius 1 is 1.07 bits per heavy atom. The number of carbonyl (C=O) groups excluding carboxylic acids is 2. The van der Waals surface area contributed by atoms with Crippen molar-refractivity contribution in [1.82, 2.24) is 5.32 Å². The van der Waals surface area contributed by atoms with Crippen molar-refractivity contribution in [2.75, 3.05) is 6.54 Å². The first-order valence-electron chi connectivity index (χ1n) is 8.45. The fraction of sp³-hybridized carbons (Fsp3) is 0.300. The first kappa shape index (κ1) is 20.1. The van der Waals surface area contributed by atoms with Gasteiger partial charge in [-0.2, -0.15) is 0 Å². The molecule has 0 saturated heterocycles. The molecule has 7 nitrogen and oxygen atoms in total. The van der Waals surface area contributed by atoms with E-state index in [-0.39, 0.29) is 24.3 Å². The summed E-state index contributed by atoms with van der Waals surface area (Å²) in [4.78, 5) is 34.3. The van der Waals surface area contributed by atoms with E-state index in [0.717, 1.165) is 5.56 Å². The second kappa shape index (κ2) is 8.44. The lowest BCUT2D eigenvalue weighted by Gasteiger charge is -2.19. The molecule has 0 heterocycles. The molecule has 0 aliphatic heterocycles. The minimum Gasteiger partial charge on any atom is -0.459 e. The largest absolute Gasteiger partial charge is 0.459 e. The number of benzene rings is 2. The van der Waals surface area contributed by atoms with E-state index in [2.05, 4.69) is 26.1 Å². The number of hydrogen-bond donors (Lipinski definition) is 1. The zero-order valence-electron chi connectivity index (χ0n) is 15.5. The Bertz CT molecular complexity index is 838. The summed E-state index contributed by atoms with van der Waals surface area (Å²) in [5, 5.41) is 13.4. The van der Waals surface area contributed by atoms with Gasteiger partial charge in [-0.3, -0.25) is 19.7 Å². The lowest BCUT2D eigenvalue weighted by atomic mass is 9.87. The third kappa shape index (κ3) is 5.64. The van der Waals surface area contributed by atoms with Gasteiger partial charge in [-0.25, -0.2) is 0 Å². The third-order valence-electron chi connectivity index (χ3n) is 3.98. The van der Waals surface area contributed by atoms with Crippen LogP contribution in [0.4, 0.5) is 5.69 Å². The molecule has 0 spiro atoms. The van der Waals surface area contributed by atoms with E-state index in [4.69, 9.17) is 4.74 Å². The Morgan fingerprint density at radius 3 is 2.30 bits per heavy atom. The van der Waals surface area contributed by atoms with Gasteiger partial charge in [0.05, 0.1) is 10.5 Å². The number of para-hydroxylation sites is 1. The molecule has 0 fully saturated rings. The van der Waals surface area contributed by atoms with E-state index in [9.17, 15) is 19.7 Å². The molecule has 2 aromatic rings. The number of esters is 1. The van der Waals surface area contributed by atoms with Crippen LogP contribution in [0.2, 0.25) is 0 Å². The lowest BCUT2D eigenvalue weighted by molar-refractivity contribution is -0.385. The average molecular weight is 370 g/mol. The molecule has 1 amide bonds. The maximum Gasteiger partial charge on any atom is 0.325 e. The van der Waals surface area contributed by atoms with Crippen molar-refractivity contribution in [1.29, 1.82) is 0 Å². The number of hydrogen-bond acceptors (Lipinski definition) is 5. The number of amides is 1. The Labute approximate surface area is 157 Å². The highest BCUT2D eigenvalue weighted by Gasteiger charge is 2.16. The Morgan fingerprint density at radius 2 is 1.70 bits per heavy atom. The molecule has 2 rings (SSSR count). The summed E-state index contributed by atoms with van der Waals surface area (Å²) in [6.45, 7) is 5.69. The zero-order valence-corrected chi connectivity index (χ0v) is 15.5. The quantitative estimate of drug-likeness (QED) is 0.477. The summed E-state index contributed by atoms with van der Waals surface area (Å²) in [7, 11) is 0. The molecule has 0 radical (unpaired) electrons. The van der Waals surface area contributed by atoms with Crippen LogP contribution >= 0.6 is 0 Å². The van der Waals surface area contributed by atoms with Gasteiger partial charge in [0.15, 0.2) is 0 Å². The van der Waals surface area contributed by atoms with Gasteiger partial charge in [-0.15, -0.1) is 0 Å². The van der Waals surface area contributed by atoms with Crippen molar-refractivity contribution in [3.63, 3.8) is 0 Å². The Hall–Kier alpha value is -3.22. The summed E-state index contributed by atoms with van der Waals surface area (Å²) >= 11 is 0. The van der Waals surface area contributed by atoms with Crippen LogP contribution < -0.4 is 5.32 Å². The van der Waals surface area contributed by atoms with E-state index in [1.807, 2.05) is 12.1 Å². The smallest absolute Gasteiger partial charge is 0.325 e. The van der Waals surface area contributed by atoms with Crippen molar-refractivity contribution in [3.8, 4) is 0 Å². The van der Waals surface area contributed by atoms with Crippen LogP contribution in [-0.4, -0.2) is 23.3 Å². The monoisotopic (exact) mass is 370 g/mol. The molecule has 1 N–H and O–H groups in total. The van der Waals surface area contributed by atoms with Gasteiger partial charge >= 0.3 is 5.97 Å². The van der Waals surface area contributed by atoms with Gasteiger partial charge in [0, 0.05) is 11.6 Å². The van der Waals surface area contributed by atoms with Crippen molar-refractivity contribution in [2.24, 2.45) is 0 Å². The number of nitro benzene ring substituents is 1. The molecule has 0 saturated carbocycles. The van der Waals surface area contributed by atoms with Gasteiger partial charge in [-0.05, 0) is 29.2 Å². The molecule has 7 heteroatoms. The van der Waals surface area contributed by atoms with Crippen molar-refractivity contribution in [3.05, 3.63) is 75.3 Å². The second-order valence-corrected chi connectivity index (χ2v) is 7.06. The molecule has 0 unspecified atom stereocenters. The summed E-state index contributed by atoms with van der Waals surface area (Å²) < 4.78 is 5.01. The molecule has 142 valence electrons. The molecular formula is C20H22N2O5. The third-order valence-corrected chi connectivity index (χ3v) is 3.98. The van der Waals surface area contributed by atoms with Gasteiger partial charge in [0.1, 0.15) is 13.2 Å². The number of carbonyl (C=O) groups is 2. The maximum absolute atomic E-state index is 12.1. The average Bonchev–Trinajstić information content (AvgIpc) is 2.64. The number of nitrogens with zero attached hydrogens (tertiary/aromatic N) is 1. The summed E-state index contributed by atoms with van der Waals surface area (Å²) in [6.07, 6.45) is 0. The van der Waals surface area contributed by atoms with E-state index < -0.39 is 16.8 Å². The molecule has 0 atom stereocenters. The normalized spacial score (nSPS) is 10.9. The van der Waals surface area contributed by atoms with Crippen molar-refractivity contribution < 1.29 is 19.2 Å². The number of ether oxygens (including phenoxy) is 1. The standard InChI is InChI=1S/C20H22N2O5/c1-20(2,3)16-10-8-14(9-11-16)19(24)21-12-18(23)27-13-15-6-4-5-7-17(15)22(25)26/h4-11H,12-13H2,1-3H3,(H,21,24). The lowest BCUT2D eigenvalue weighted by Crippen LogP contribution is -2.30. The minimum atomic E-state index is -0.673. The summed E-state index contributed by atoms with van der Waals surface area (Å²) in [5.41, 5.74) is 1.70. The van der Waals surface area contributed by atoms with Crippen LogP contribution in [-0.2, 0) is 21.6 Å². The Kier molecular flexibility index (Phi) is 6.28. The predicted molar refractivity (Wildman–Crippen MR) is 100 cm³/mol. The highest BCUT2D eigenvalue weighted by atomic mass is 16.6. The second-order valence-electron chi connectivity index (χ2n) is 7.06. The number of rotatable bonds is 6. The van der Waals surface area contributed by atoms with Gasteiger partial charge in [-0.1, -0.05) is 45.0 Å². The SMILES string of the molecule is CC(C)(C)c1ccc(C(=O)NCC(=O)OCc2ccccc2[N+](=O)[O-])cc1. The topological polar surface area (TPSA) is 98.5 Å². The zero-order chi connectivity index (χ0) is 20.0. The maximum atomic E-state index is 12.1. The van der Waals surface area contributed by atoms with Gasteiger partial charge in [0.2, 0.25) is 0 Å². The molecular weight excluding hydrogens is 348 g/mol. The summed E-state index contributed by atoms with van der Waals surface area (Å²) in [6, 6.07) is 13.2. The van der Waals surface area contributed by atoms with Crippen LogP contribution in [0.5, 0.6) is 0 Å². The van der Waals surface area contributed by atoms with Crippen LogP contribution in [0.3, 0.4) is 0 Å². The van der Waals surface area contributed by atoms with Gasteiger partial charge < -0.3 is 10.1 Å². The van der Waals surface area contributed by atoms with Crippen LogP contribution in [0.1, 0.15) is 42.3 Å². The predicted octanol–water partition coefficient (Wildman–Crippen LogP) is 3.37. The minimum absolute atomic E-state index is 0.0150. The fourth-order valence-electron chi connectivity index (χ4n) is 2.40. The van der Waals surface area contributed by atoms with Crippen molar-refractivity contribution in [2.45, 2.75) is 32.8 Å². The first-order chi connectivity index (χ1) is 12.7. The van der Waals surface area contributed by atoms with Crippen LogP contribution in [0.15, 0.2) is 48.5 Å². The highest BCUT2D eigenvalue weighted by Crippen LogP contribution is 2.22. The van der Waals surface area contributed by atoms with Crippen LogP contribution in [0.25, 0.3) is 0 Å². The van der Waals surface area contributed by atoms with E-state index in [0.29, 0.717) is 11.1 Å². The molecule has 0 aromatic heterocycles. The number of nitro groups is 1. The molecule has 0 aliphatic carbocycles. The van der Waals surface area contributed by atoms with E-state index in [1.165, 1.54) is 18.2 Å². The fourth-order valence-corrected chi connectivity index (χ4v) is 2.40.